The Balaban J connectivity index is 0.000000214. The standard InChI is InChI=1S/C13H18N2.C12H16N2O/c1-5-15(6-2)13-9-7-12(8-10-13)11(3)14-4;1-2-3-4-9-5-6-10-11(14-9)7-8-13-12(10)15/h7-10H,3-6H2,1-2H3;2-3,5,14H,4,6-8H2,1H3,(H,13,15)/b;3-2-. The molecule has 0 fully saturated rings. The molecule has 5 nitrogen and oxygen atoms in total. The Morgan fingerprint density at radius 1 is 1.23 bits per heavy atom. The summed E-state index contributed by atoms with van der Waals surface area (Å²) < 4.78 is 0. The van der Waals surface area contributed by atoms with Crippen LogP contribution in [0.25, 0.3) is 5.70 Å². The van der Waals surface area contributed by atoms with Crippen LogP contribution in [0, 0.1) is 0 Å². The zero-order valence-corrected chi connectivity index (χ0v) is 18.5. The molecule has 30 heavy (non-hydrogen) atoms. The zero-order valence-electron chi connectivity index (χ0n) is 18.5. The van der Waals surface area contributed by atoms with Crippen molar-refractivity contribution < 1.29 is 4.79 Å². The van der Waals surface area contributed by atoms with Crippen molar-refractivity contribution in [1.82, 2.24) is 10.6 Å². The van der Waals surface area contributed by atoms with E-state index in [1.165, 1.54) is 11.4 Å². The van der Waals surface area contributed by atoms with E-state index in [0.29, 0.717) is 0 Å². The number of hydrogen-bond acceptors (Lipinski definition) is 4. The topological polar surface area (TPSA) is 56.7 Å². The summed E-state index contributed by atoms with van der Waals surface area (Å²) in [4.78, 5) is 17.6. The number of anilines is 1. The number of nitrogens with one attached hydrogen (secondary N) is 2. The van der Waals surface area contributed by atoms with Crippen molar-refractivity contribution in [3.05, 3.63) is 71.6 Å². The number of aliphatic imine (C=N–C) groups is 1. The van der Waals surface area contributed by atoms with E-state index in [4.69, 9.17) is 0 Å². The van der Waals surface area contributed by atoms with Gasteiger partial charge in [0.15, 0.2) is 0 Å². The van der Waals surface area contributed by atoms with E-state index in [1.807, 2.05) is 25.1 Å². The molecule has 3 rings (SSSR count). The predicted molar refractivity (Wildman–Crippen MR) is 129 cm³/mol. The fourth-order valence-corrected chi connectivity index (χ4v) is 3.44. The number of hydrogen-bond donors (Lipinski definition) is 2. The lowest BCUT2D eigenvalue weighted by Gasteiger charge is -2.26. The minimum Gasteiger partial charge on any atom is -0.372 e. The van der Waals surface area contributed by atoms with Crippen molar-refractivity contribution in [3.63, 3.8) is 0 Å². The minimum absolute atomic E-state index is 0.0880. The molecule has 2 heterocycles. The molecule has 0 spiro atoms. The molecule has 1 amide bonds. The summed E-state index contributed by atoms with van der Waals surface area (Å²) in [6.07, 6.45) is 8.88. The third-order valence-corrected chi connectivity index (χ3v) is 5.26. The van der Waals surface area contributed by atoms with Gasteiger partial charge in [0.05, 0.1) is 5.70 Å². The molecule has 0 saturated carbocycles. The Morgan fingerprint density at radius 3 is 2.53 bits per heavy atom. The smallest absolute Gasteiger partial charge is 0.249 e. The van der Waals surface area contributed by atoms with Gasteiger partial charge in [-0.15, -0.1) is 0 Å². The third-order valence-electron chi connectivity index (χ3n) is 5.26. The lowest BCUT2D eigenvalue weighted by molar-refractivity contribution is -0.118. The Bertz CT molecular complexity index is 842. The molecule has 0 unspecified atom stereocenters. The van der Waals surface area contributed by atoms with E-state index in [2.05, 4.69) is 72.0 Å². The lowest BCUT2D eigenvalue weighted by atomic mass is 9.99. The van der Waals surface area contributed by atoms with Crippen LogP contribution in [0.4, 0.5) is 5.69 Å². The Kier molecular flexibility index (Phi) is 9.13. The van der Waals surface area contributed by atoms with Gasteiger partial charge in [-0.1, -0.05) is 36.9 Å². The number of nitrogens with zero attached hydrogens (tertiary/aromatic N) is 2. The quantitative estimate of drug-likeness (QED) is 0.505. The van der Waals surface area contributed by atoms with Crippen LogP contribution in [0.2, 0.25) is 0 Å². The Labute approximate surface area is 181 Å². The molecule has 2 aliphatic rings. The highest BCUT2D eigenvalue weighted by Gasteiger charge is 2.22. The first-order valence-corrected chi connectivity index (χ1v) is 10.6. The molecule has 1 aromatic carbocycles. The van der Waals surface area contributed by atoms with E-state index in [-0.39, 0.29) is 5.91 Å². The van der Waals surface area contributed by atoms with Gasteiger partial charge in [-0.05, 0) is 51.6 Å². The molecule has 0 atom stereocenters. The maximum atomic E-state index is 11.5. The molecule has 1 aromatic rings. The molecule has 2 N–H and O–H groups in total. The highest BCUT2D eigenvalue weighted by molar-refractivity contribution is 5.95. The van der Waals surface area contributed by atoms with Crippen molar-refractivity contribution in [2.75, 3.05) is 24.5 Å². The average molecular weight is 407 g/mol. The largest absolute Gasteiger partial charge is 0.372 e. The molecule has 0 radical (unpaired) electrons. The molecule has 0 aliphatic carbocycles. The summed E-state index contributed by atoms with van der Waals surface area (Å²) in [6.45, 7) is 16.4. The molecule has 160 valence electrons. The molecular weight excluding hydrogens is 372 g/mol. The number of carbonyl (C=O) groups excluding carboxylic acids is 1. The minimum atomic E-state index is 0.0880. The van der Waals surface area contributed by atoms with E-state index < -0.39 is 0 Å². The number of dihydropyridines is 1. The number of amides is 1. The van der Waals surface area contributed by atoms with E-state index in [1.54, 1.807) is 0 Å². The number of carbonyl (C=O) groups is 1. The van der Waals surface area contributed by atoms with Crippen molar-refractivity contribution in [2.24, 2.45) is 4.99 Å². The summed E-state index contributed by atoms with van der Waals surface area (Å²) in [5.41, 5.74) is 6.22. The summed E-state index contributed by atoms with van der Waals surface area (Å²) in [5.74, 6) is 0.0880. The van der Waals surface area contributed by atoms with Crippen molar-refractivity contribution in [1.29, 1.82) is 0 Å². The van der Waals surface area contributed by atoms with Crippen molar-refractivity contribution >= 4 is 24.0 Å². The van der Waals surface area contributed by atoms with Crippen LogP contribution in [-0.2, 0) is 4.79 Å². The maximum Gasteiger partial charge on any atom is 0.249 e. The van der Waals surface area contributed by atoms with Gasteiger partial charge < -0.3 is 15.5 Å². The summed E-state index contributed by atoms with van der Waals surface area (Å²) >= 11 is 0. The molecule has 5 heteroatoms. The van der Waals surface area contributed by atoms with Gasteiger partial charge in [-0.2, -0.15) is 0 Å². The van der Waals surface area contributed by atoms with Gasteiger partial charge in [0.25, 0.3) is 0 Å². The van der Waals surface area contributed by atoms with Crippen LogP contribution in [0.5, 0.6) is 0 Å². The van der Waals surface area contributed by atoms with Gasteiger partial charge in [0.1, 0.15) is 0 Å². The van der Waals surface area contributed by atoms with Gasteiger partial charge in [0, 0.05) is 55.1 Å². The second-order valence-electron chi connectivity index (χ2n) is 7.12. The monoisotopic (exact) mass is 406 g/mol. The highest BCUT2D eigenvalue weighted by Crippen LogP contribution is 2.22. The Morgan fingerprint density at radius 2 is 1.93 bits per heavy atom. The van der Waals surface area contributed by atoms with Crippen molar-refractivity contribution in [2.45, 2.75) is 40.0 Å². The van der Waals surface area contributed by atoms with Crippen LogP contribution < -0.4 is 15.5 Å². The highest BCUT2D eigenvalue weighted by atomic mass is 16.1. The molecule has 0 bridgehead atoms. The Hall–Kier alpha value is -3.08. The SMILES string of the molecule is C/C=C\CC1=CCC2=C(CCNC2=O)N1.C=NC(=C)c1ccc(N(CC)CC)cc1. The van der Waals surface area contributed by atoms with Crippen molar-refractivity contribution in [3.8, 4) is 0 Å². The lowest BCUT2D eigenvalue weighted by Crippen LogP contribution is -2.36. The molecule has 0 saturated heterocycles. The van der Waals surface area contributed by atoms with Gasteiger partial charge >= 0.3 is 0 Å². The number of rotatable bonds is 7. The third kappa shape index (κ3) is 6.21. The fraction of sp³-hybridized carbons (Fsp3) is 0.360. The van der Waals surface area contributed by atoms with Gasteiger partial charge in [-0.3, -0.25) is 9.79 Å². The zero-order chi connectivity index (χ0) is 21.9. The number of allylic oxidation sites excluding steroid dienone is 3. The summed E-state index contributed by atoms with van der Waals surface area (Å²) in [7, 11) is 0. The van der Waals surface area contributed by atoms with E-state index in [9.17, 15) is 4.79 Å². The number of benzene rings is 1. The van der Waals surface area contributed by atoms with Gasteiger partial charge in [0.2, 0.25) is 5.91 Å². The summed E-state index contributed by atoms with van der Waals surface area (Å²) in [5, 5.41) is 6.21. The first kappa shape index (κ1) is 23.2. The predicted octanol–water partition coefficient (Wildman–Crippen LogP) is 4.81. The van der Waals surface area contributed by atoms with E-state index >= 15 is 0 Å². The van der Waals surface area contributed by atoms with E-state index in [0.717, 1.165) is 61.4 Å². The molecule has 0 aromatic heterocycles. The van der Waals surface area contributed by atoms with Crippen LogP contribution in [-0.4, -0.2) is 32.3 Å². The van der Waals surface area contributed by atoms with Crippen LogP contribution >= 0.6 is 0 Å². The van der Waals surface area contributed by atoms with Gasteiger partial charge in [-0.25, -0.2) is 0 Å². The maximum absolute atomic E-state index is 11.5. The molecular formula is C25H34N4O. The fourth-order valence-electron chi connectivity index (χ4n) is 3.44. The summed E-state index contributed by atoms with van der Waals surface area (Å²) in [6, 6.07) is 8.26. The second kappa shape index (κ2) is 11.8. The normalized spacial score (nSPS) is 15.3. The van der Waals surface area contributed by atoms with Crippen LogP contribution in [0.15, 0.2) is 71.0 Å². The average Bonchev–Trinajstić information content (AvgIpc) is 2.79. The van der Waals surface area contributed by atoms with Crippen LogP contribution in [0.3, 0.4) is 0 Å². The van der Waals surface area contributed by atoms with Crippen LogP contribution in [0.1, 0.15) is 45.6 Å². The first-order chi connectivity index (χ1) is 14.5. The second-order valence-corrected chi connectivity index (χ2v) is 7.12. The molecule has 2 aliphatic heterocycles. The first-order valence-electron chi connectivity index (χ1n) is 10.6.